The Balaban J connectivity index is 2.33. The standard InChI is InChI=1S/C11H9N3O/c1-15-10-4-2-8(3-5-10)11-6-9(7-12)13-14-11/h2-6H,1H3,(H,13,14). The first-order valence-electron chi connectivity index (χ1n) is 4.43. The van der Waals surface area contributed by atoms with Gasteiger partial charge >= 0.3 is 0 Å². The van der Waals surface area contributed by atoms with Gasteiger partial charge in [0.05, 0.1) is 12.8 Å². The van der Waals surface area contributed by atoms with Gasteiger partial charge in [-0.1, -0.05) is 0 Å². The molecule has 0 bridgehead atoms. The number of hydrogen-bond acceptors (Lipinski definition) is 3. The highest BCUT2D eigenvalue weighted by atomic mass is 16.5. The van der Waals surface area contributed by atoms with Gasteiger partial charge in [-0.25, -0.2) is 0 Å². The van der Waals surface area contributed by atoms with Crippen LogP contribution in [0.25, 0.3) is 11.3 Å². The van der Waals surface area contributed by atoms with Gasteiger partial charge in [0, 0.05) is 6.07 Å². The molecule has 2 rings (SSSR count). The van der Waals surface area contributed by atoms with Gasteiger partial charge in [-0.2, -0.15) is 10.4 Å². The first-order chi connectivity index (χ1) is 7.33. The van der Waals surface area contributed by atoms with Crippen LogP contribution in [0.4, 0.5) is 0 Å². The van der Waals surface area contributed by atoms with Gasteiger partial charge < -0.3 is 4.74 Å². The largest absolute Gasteiger partial charge is 0.497 e. The molecular weight excluding hydrogens is 190 g/mol. The lowest BCUT2D eigenvalue weighted by Crippen LogP contribution is -1.82. The summed E-state index contributed by atoms with van der Waals surface area (Å²) < 4.78 is 5.05. The van der Waals surface area contributed by atoms with E-state index in [0.29, 0.717) is 5.69 Å². The predicted molar refractivity (Wildman–Crippen MR) is 55.3 cm³/mol. The molecule has 0 spiro atoms. The highest BCUT2D eigenvalue weighted by molar-refractivity contribution is 5.61. The summed E-state index contributed by atoms with van der Waals surface area (Å²) in [4.78, 5) is 0. The van der Waals surface area contributed by atoms with Crippen LogP contribution in [0.3, 0.4) is 0 Å². The van der Waals surface area contributed by atoms with Gasteiger partial charge in [0.25, 0.3) is 0 Å². The third-order valence-corrected chi connectivity index (χ3v) is 2.09. The maximum Gasteiger partial charge on any atom is 0.162 e. The number of hydrogen-bond donors (Lipinski definition) is 1. The van der Waals surface area contributed by atoms with Gasteiger partial charge in [0.15, 0.2) is 5.69 Å². The first kappa shape index (κ1) is 9.28. The van der Waals surface area contributed by atoms with Crippen LogP contribution in [0.2, 0.25) is 0 Å². The lowest BCUT2D eigenvalue weighted by Gasteiger charge is -2.00. The van der Waals surface area contributed by atoms with Crippen molar-refractivity contribution in [3.8, 4) is 23.1 Å². The van der Waals surface area contributed by atoms with Crippen LogP contribution in [0.15, 0.2) is 30.3 Å². The Hall–Kier alpha value is -2.28. The third-order valence-electron chi connectivity index (χ3n) is 2.09. The third kappa shape index (κ3) is 1.81. The SMILES string of the molecule is COc1ccc(-c2cc(C#N)n[nH]2)cc1. The smallest absolute Gasteiger partial charge is 0.162 e. The van der Waals surface area contributed by atoms with E-state index in [1.165, 1.54) is 0 Å². The maximum absolute atomic E-state index is 8.63. The van der Waals surface area contributed by atoms with Crippen molar-refractivity contribution < 1.29 is 4.74 Å². The lowest BCUT2D eigenvalue weighted by molar-refractivity contribution is 0.415. The molecule has 1 N–H and O–H groups in total. The number of methoxy groups -OCH3 is 1. The molecule has 1 aromatic carbocycles. The highest BCUT2D eigenvalue weighted by Crippen LogP contribution is 2.20. The zero-order valence-corrected chi connectivity index (χ0v) is 8.19. The molecule has 0 unspecified atom stereocenters. The molecule has 0 atom stereocenters. The summed E-state index contributed by atoms with van der Waals surface area (Å²) in [6, 6.07) is 11.2. The van der Waals surface area contributed by atoms with Crippen molar-refractivity contribution in [2.75, 3.05) is 7.11 Å². The van der Waals surface area contributed by atoms with E-state index in [9.17, 15) is 0 Å². The van der Waals surface area contributed by atoms with E-state index < -0.39 is 0 Å². The Labute approximate surface area is 87.1 Å². The van der Waals surface area contributed by atoms with Gasteiger partial charge in [-0.15, -0.1) is 0 Å². The Kier molecular flexibility index (Phi) is 2.38. The number of nitrogens with zero attached hydrogens (tertiary/aromatic N) is 2. The Morgan fingerprint density at radius 3 is 2.60 bits per heavy atom. The summed E-state index contributed by atoms with van der Waals surface area (Å²) in [6.07, 6.45) is 0. The van der Waals surface area contributed by atoms with Crippen LogP contribution in [-0.2, 0) is 0 Å². The second-order valence-electron chi connectivity index (χ2n) is 3.01. The van der Waals surface area contributed by atoms with E-state index in [4.69, 9.17) is 10.00 Å². The average molecular weight is 199 g/mol. The second-order valence-corrected chi connectivity index (χ2v) is 3.01. The topological polar surface area (TPSA) is 61.7 Å². The van der Waals surface area contributed by atoms with E-state index >= 15 is 0 Å². The predicted octanol–water partition coefficient (Wildman–Crippen LogP) is 1.96. The minimum atomic E-state index is 0.390. The summed E-state index contributed by atoms with van der Waals surface area (Å²) in [5.41, 5.74) is 2.19. The highest BCUT2D eigenvalue weighted by Gasteiger charge is 2.02. The fraction of sp³-hybridized carbons (Fsp3) is 0.0909. The quantitative estimate of drug-likeness (QED) is 0.804. The molecular formula is C11H9N3O. The number of aromatic nitrogens is 2. The fourth-order valence-electron chi connectivity index (χ4n) is 1.30. The van der Waals surface area contributed by atoms with Crippen molar-refractivity contribution in [3.05, 3.63) is 36.0 Å². The number of aromatic amines is 1. The fourth-order valence-corrected chi connectivity index (χ4v) is 1.30. The van der Waals surface area contributed by atoms with Crippen LogP contribution >= 0.6 is 0 Å². The van der Waals surface area contributed by atoms with E-state index in [1.54, 1.807) is 13.2 Å². The summed E-state index contributed by atoms with van der Waals surface area (Å²) in [6.45, 7) is 0. The molecule has 1 aromatic heterocycles. The molecule has 0 aliphatic heterocycles. The van der Waals surface area contributed by atoms with Gasteiger partial charge in [-0.05, 0) is 29.8 Å². The molecule has 0 aliphatic rings. The zero-order valence-electron chi connectivity index (χ0n) is 8.19. The van der Waals surface area contributed by atoms with Crippen LogP contribution < -0.4 is 4.74 Å². The molecule has 4 heteroatoms. The lowest BCUT2D eigenvalue weighted by atomic mass is 10.1. The molecule has 15 heavy (non-hydrogen) atoms. The summed E-state index contributed by atoms with van der Waals surface area (Å²) in [5, 5.41) is 15.3. The van der Waals surface area contributed by atoms with Crippen LogP contribution in [-0.4, -0.2) is 17.3 Å². The van der Waals surface area contributed by atoms with Crippen molar-refractivity contribution in [3.63, 3.8) is 0 Å². The molecule has 74 valence electrons. The maximum atomic E-state index is 8.63. The van der Waals surface area contributed by atoms with Crippen LogP contribution in [0, 0.1) is 11.3 Å². The van der Waals surface area contributed by atoms with Gasteiger partial charge in [-0.3, -0.25) is 5.10 Å². The molecule has 0 amide bonds. The Bertz CT molecular complexity index is 493. The molecule has 0 saturated heterocycles. The minimum absolute atomic E-state index is 0.390. The second kappa shape index (κ2) is 3.84. The Morgan fingerprint density at radius 2 is 2.07 bits per heavy atom. The van der Waals surface area contributed by atoms with Gasteiger partial charge in [0.2, 0.25) is 0 Å². The summed E-state index contributed by atoms with van der Waals surface area (Å²) >= 11 is 0. The number of benzene rings is 1. The van der Waals surface area contributed by atoms with Crippen molar-refractivity contribution in [2.24, 2.45) is 0 Å². The summed E-state index contributed by atoms with van der Waals surface area (Å²) in [5.74, 6) is 0.804. The monoisotopic (exact) mass is 199 g/mol. The number of ether oxygens (including phenoxy) is 1. The molecule has 0 radical (unpaired) electrons. The zero-order chi connectivity index (χ0) is 10.7. The number of nitriles is 1. The van der Waals surface area contributed by atoms with Crippen molar-refractivity contribution >= 4 is 0 Å². The minimum Gasteiger partial charge on any atom is -0.497 e. The molecule has 4 nitrogen and oxygen atoms in total. The van der Waals surface area contributed by atoms with E-state index in [0.717, 1.165) is 17.0 Å². The molecule has 1 heterocycles. The Morgan fingerprint density at radius 1 is 1.33 bits per heavy atom. The number of nitrogens with one attached hydrogen (secondary N) is 1. The van der Waals surface area contributed by atoms with Crippen molar-refractivity contribution in [1.82, 2.24) is 10.2 Å². The number of H-pyrrole nitrogens is 1. The molecule has 0 saturated carbocycles. The summed E-state index contributed by atoms with van der Waals surface area (Å²) in [7, 11) is 1.62. The molecule has 0 aliphatic carbocycles. The average Bonchev–Trinajstić information content (AvgIpc) is 2.78. The number of rotatable bonds is 2. The van der Waals surface area contributed by atoms with Gasteiger partial charge in [0.1, 0.15) is 11.8 Å². The van der Waals surface area contributed by atoms with E-state index in [-0.39, 0.29) is 0 Å². The van der Waals surface area contributed by atoms with E-state index in [2.05, 4.69) is 10.2 Å². The normalized spacial score (nSPS) is 9.60. The van der Waals surface area contributed by atoms with Crippen molar-refractivity contribution in [2.45, 2.75) is 0 Å². The van der Waals surface area contributed by atoms with Crippen molar-refractivity contribution in [1.29, 1.82) is 5.26 Å². The molecule has 0 fully saturated rings. The molecule has 2 aromatic rings. The van der Waals surface area contributed by atoms with Crippen LogP contribution in [0.1, 0.15) is 5.69 Å². The van der Waals surface area contributed by atoms with Crippen LogP contribution in [0.5, 0.6) is 5.75 Å². The first-order valence-corrected chi connectivity index (χ1v) is 4.43. The van der Waals surface area contributed by atoms with E-state index in [1.807, 2.05) is 30.3 Å².